The summed E-state index contributed by atoms with van der Waals surface area (Å²) in [5, 5.41) is 0.717. The summed E-state index contributed by atoms with van der Waals surface area (Å²) in [4.78, 5) is 15.6. The molecule has 2 aromatic carbocycles. The van der Waals surface area contributed by atoms with Gasteiger partial charge in [-0.3, -0.25) is 4.79 Å². The highest BCUT2D eigenvalue weighted by Gasteiger charge is 2.29. The first-order valence-corrected chi connectivity index (χ1v) is 8.13. The van der Waals surface area contributed by atoms with Gasteiger partial charge >= 0.3 is 0 Å². The number of carbonyl (C=O) groups is 1. The normalized spacial score (nSPS) is 16.6. The van der Waals surface area contributed by atoms with Crippen LogP contribution in [0.1, 0.15) is 11.1 Å². The number of rotatable bonds is 3. The average molecular weight is 318 g/mol. The summed E-state index contributed by atoms with van der Waals surface area (Å²) in [6, 6.07) is 15.9. The Hall–Kier alpha value is -1.45. The van der Waals surface area contributed by atoms with Gasteiger partial charge in [-0.1, -0.05) is 41.9 Å². The van der Waals surface area contributed by atoms with E-state index in [9.17, 15) is 4.79 Å². The maximum absolute atomic E-state index is 12.6. The Kier molecular flexibility index (Phi) is 4.22. The molecule has 1 atom stereocenters. The lowest BCUT2D eigenvalue weighted by atomic mass is 10.1. The molecule has 0 aromatic heterocycles. The number of halogens is 1. The van der Waals surface area contributed by atoms with Gasteiger partial charge < -0.3 is 4.90 Å². The summed E-state index contributed by atoms with van der Waals surface area (Å²) < 4.78 is 0. The first-order chi connectivity index (χ1) is 10.1. The van der Waals surface area contributed by atoms with Crippen molar-refractivity contribution in [1.82, 2.24) is 4.90 Å². The van der Waals surface area contributed by atoms with Gasteiger partial charge in [-0.05, 0) is 35.7 Å². The van der Waals surface area contributed by atoms with Gasteiger partial charge in [-0.15, -0.1) is 11.8 Å². The van der Waals surface area contributed by atoms with Crippen LogP contribution in [-0.4, -0.2) is 23.1 Å². The molecule has 3 rings (SSSR count). The molecule has 2 nitrogen and oxygen atoms in total. The van der Waals surface area contributed by atoms with Crippen molar-refractivity contribution in [2.45, 2.75) is 23.1 Å². The third-order valence-corrected chi connectivity index (χ3v) is 5.19. The van der Waals surface area contributed by atoms with Crippen LogP contribution in [0.25, 0.3) is 0 Å². The molecule has 0 bridgehead atoms. The Morgan fingerprint density at radius 2 is 1.95 bits per heavy atom. The van der Waals surface area contributed by atoms with Crippen LogP contribution >= 0.6 is 23.4 Å². The number of hydrogen-bond acceptors (Lipinski definition) is 2. The minimum absolute atomic E-state index is 0.000278. The maximum Gasteiger partial charge on any atom is 0.236 e. The molecule has 1 amide bonds. The van der Waals surface area contributed by atoms with Crippen LogP contribution in [0.2, 0.25) is 5.02 Å². The number of carbonyl (C=O) groups excluding carboxylic acids is 1. The molecular weight excluding hydrogens is 302 g/mol. The molecule has 4 heteroatoms. The van der Waals surface area contributed by atoms with E-state index in [4.69, 9.17) is 11.6 Å². The molecule has 0 fully saturated rings. The van der Waals surface area contributed by atoms with E-state index in [0.717, 1.165) is 17.0 Å². The van der Waals surface area contributed by atoms with Gasteiger partial charge in [0.2, 0.25) is 5.91 Å². The highest BCUT2D eigenvalue weighted by Crippen LogP contribution is 2.37. The van der Waals surface area contributed by atoms with Gasteiger partial charge in [0.1, 0.15) is 0 Å². The molecule has 1 unspecified atom stereocenters. The zero-order chi connectivity index (χ0) is 14.8. The van der Waals surface area contributed by atoms with Crippen LogP contribution < -0.4 is 0 Å². The number of benzene rings is 2. The van der Waals surface area contributed by atoms with E-state index in [1.165, 1.54) is 10.5 Å². The fraction of sp³-hybridized carbons (Fsp3) is 0.235. The summed E-state index contributed by atoms with van der Waals surface area (Å²) in [6.45, 7) is 0.614. The largest absolute Gasteiger partial charge is 0.340 e. The van der Waals surface area contributed by atoms with Gasteiger partial charge in [0.15, 0.2) is 0 Å². The molecular formula is C17H16ClNOS. The number of thioether (sulfide) groups is 1. The van der Waals surface area contributed by atoms with Crippen LogP contribution in [0.5, 0.6) is 0 Å². The van der Waals surface area contributed by atoms with E-state index in [1.54, 1.807) is 16.7 Å². The third kappa shape index (κ3) is 3.25. The summed E-state index contributed by atoms with van der Waals surface area (Å²) in [5.74, 6) is 0.186. The van der Waals surface area contributed by atoms with Crippen molar-refractivity contribution >= 4 is 29.3 Å². The van der Waals surface area contributed by atoms with Crippen molar-refractivity contribution in [2.24, 2.45) is 0 Å². The second kappa shape index (κ2) is 6.12. The third-order valence-electron chi connectivity index (χ3n) is 3.63. The minimum atomic E-state index is -0.000278. The second-order valence-corrected chi connectivity index (χ2v) is 6.92. The van der Waals surface area contributed by atoms with Gasteiger partial charge in [0.25, 0.3) is 0 Å². The standard InChI is InChI=1S/C17H16ClNOS/c1-19(11-12-6-8-14(18)9-7-12)17(20)16-10-13-4-2-3-5-15(13)21-16/h2-9,16H,10-11H2,1H3. The van der Waals surface area contributed by atoms with Gasteiger partial charge in [-0.25, -0.2) is 0 Å². The number of amides is 1. The Bertz CT molecular complexity index is 631. The number of hydrogen-bond donors (Lipinski definition) is 0. The Labute approximate surface area is 134 Å². The van der Waals surface area contributed by atoms with E-state index in [2.05, 4.69) is 12.1 Å². The summed E-state index contributed by atoms with van der Waals surface area (Å²) in [5.41, 5.74) is 2.37. The zero-order valence-electron chi connectivity index (χ0n) is 11.8. The van der Waals surface area contributed by atoms with Crippen molar-refractivity contribution in [2.75, 3.05) is 7.05 Å². The van der Waals surface area contributed by atoms with Crippen molar-refractivity contribution in [3.05, 3.63) is 64.7 Å². The first-order valence-electron chi connectivity index (χ1n) is 6.87. The van der Waals surface area contributed by atoms with Crippen LogP contribution in [0.3, 0.4) is 0 Å². The predicted octanol–water partition coefficient (Wildman–Crippen LogP) is 4.02. The van der Waals surface area contributed by atoms with Crippen molar-refractivity contribution < 1.29 is 4.79 Å². The van der Waals surface area contributed by atoms with Crippen molar-refractivity contribution in [3.63, 3.8) is 0 Å². The average Bonchev–Trinajstić information content (AvgIpc) is 2.92. The van der Waals surface area contributed by atoms with E-state index in [1.807, 2.05) is 43.4 Å². The minimum Gasteiger partial charge on any atom is -0.340 e. The topological polar surface area (TPSA) is 20.3 Å². The lowest BCUT2D eigenvalue weighted by Crippen LogP contribution is -2.34. The summed E-state index contributed by atoms with van der Waals surface area (Å²) in [7, 11) is 1.86. The second-order valence-electron chi connectivity index (χ2n) is 5.24. The number of fused-ring (bicyclic) bond motifs is 1. The molecule has 1 aliphatic heterocycles. The van der Waals surface area contributed by atoms with E-state index in [0.29, 0.717) is 6.54 Å². The fourth-order valence-electron chi connectivity index (χ4n) is 2.51. The Balaban J connectivity index is 1.65. The quantitative estimate of drug-likeness (QED) is 0.852. The molecule has 1 aliphatic rings. The number of nitrogens with zero attached hydrogens (tertiary/aromatic N) is 1. The summed E-state index contributed by atoms with van der Waals surface area (Å²) in [6.07, 6.45) is 0.824. The smallest absolute Gasteiger partial charge is 0.236 e. The van der Waals surface area contributed by atoms with E-state index in [-0.39, 0.29) is 11.2 Å². The molecule has 1 heterocycles. The highest BCUT2D eigenvalue weighted by molar-refractivity contribution is 8.01. The van der Waals surface area contributed by atoms with Crippen molar-refractivity contribution in [1.29, 1.82) is 0 Å². The predicted molar refractivity (Wildman–Crippen MR) is 87.7 cm³/mol. The van der Waals surface area contributed by atoms with E-state index < -0.39 is 0 Å². The molecule has 0 radical (unpaired) electrons. The van der Waals surface area contributed by atoms with Crippen molar-refractivity contribution in [3.8, 4) is 0 Å². The van der Waals surface area contributed by atoms with E-state index >= 15 is 0 Å². The lowest BCUT2D eigenvalue weighted by molar-refractivity contribution is -0.129. The Morgan fingerprint density at radius 1 is 1.24 bits per heavy atom. The SMILES string of the molecule is CN(Cc1ccc(Cl)cc1)C(=O)C1Cc2ccccc2S1. The van der Waals surface area contributed by atoms with Gasteiger partial charge in [0.05, 0.1) is 5.25 Å². The Morgan fingerprint density at radius 3 is 2.67 bits per heavy atom. The molecule has 0 saturated heterocycles. The first kappa shape index (κ1) is 14.5. The van der Waals surface area contributed by atoms with Crippen LogP contribution in [0, 0.1) is 0 Å². The fourth-order valence-corrected chi connectivity index (χ4v) is 3.94. The van der Waals surface area contributed by atoms with Gasteiger partial charge in [-0.2, -0.15) is 0 Å². The maximum atomic E-state index is 12.6. The lowest BCUT2D eigenvalue weighted by Gasteiger charge is -2.20. The van der Waals surface area contributed by atoms with Crippen LogP contribution in [0.15, 0.2) is 53.4 Å². The molecule has 0 spiro atoms. The monoisotopic (exact) mass is 317 g/mol. The van der Waals surface area contributed by atoms with Gasteiger partial charge in [0, 0.05) is 23.5 Å². The molecule has 21 heavy (non-hydrogen) atoms. The van der Waals surface area contributed by atoms with Crippen LogP contribution in [-0.2, 0) is 17.8 Å². The van der Waals surface area contributed by atoms with Crippen LogP contribution in [0.4, 0.5) is 0 Å². The zero-order valence-corrected chi connectivity index (χ0v) is 13.3. The molecule has 108 valence electrons. The highest BCUT2D eigenvalue weighted by atomic mass is 35.5. The molecule has 0 saturated carbocycles. The summed E-state index contributed by atoms with van der Waals surface area (Å²) >= 11 is 7.56. The molecule has 0 N–H and O–H groups in total. The molecule has 0 aliphatic carbocycles. The molecule has 2 aromatic rings.